The molecule has 0 heterocycles. The van der Waals surface area contributed by atoms with Gasteiger partial charge >= 0.3 is 0 Å². The minimum absolute atomic E-state index is 0.152. The smallest absolute Gasteiger partial charge is 0.165 e. The van der Waals surface area contributed by atoms with Crippen molar-refractivity contribution in [1.29, 1.82) is 0 Å². The lowest BCUT2D eigenvalue weighted by Gasteiger charge is -2.10. The van der Waals surface area contributed by atoms with Crippen molar-refractivity contribution in [2.45, 2.75) is 13.0 Å². The number of methoxy groups -OCH3 is 1. The van der Waals surface area contributed by atoms with E-state index in [4.69, 9.17) is 18.9 Å². The van der Waals surface area contributed by atoms with Crippen LogP contribution in [0.2, 0.25) is 0 Å². The van der Waals surface area contributed by atoms with Crippen molar-refractivity contribution in [1.82, 2.24) is 0 Å². The topological polar surface area (TPSA) is 57.2 Å². The molecule has 1 N–H and O–H groups in total. The van der Waals surface area contributed by atoms with Crippen LogP contribution in [0.1, 0.15) is 18.6 Å². The van der Waals surface area contributed by atoms with Crippen molar-refractivity contribution >= 4 is 0 Å². The Labute approximate surface area is 124 Å². The Balaban J connectivity index is 2.13. The van der Waals surface area contributed by atoms with E-state index in [2.05, 4.69) is 0 Å². The molecule has 0 bridgehead atoms. The van der Waals surface area contributed by atoms with Gasteiger partial charge in [-0.15, -0.1) is 0 Å². The van der Waals surface area contributed by atoms with E-state index in [0.717, 1.165) is 0 Å². The first-order valence-electron chi connectivity index (χ1n) is 6.90. The molecule has 0 unspecified atom stereocenters. The van der Waals surface area contributed by atoms with E-state index in [1.54, 1.807) is 20.1 Å². The van der Waals surface area contributed by atoms with Crippen molar-refractivity contribution < 1.29 is 28.4 Å². The van der Waals surface area contributed by atoms with E-state index >= 15 is 0 Å². The van der Waals surface area contributed by atoms with Gasteiger partial charge < -0.3 is 24.1 Å². The molecule has 0 radical (unpaired) electrons. The Morgan fingerprint density at radius 3 is 2.24 bits per heavy atom. The predicted molar refractivity (Wildman–Crippen MR) is 76.0 cm³/mol. The molecule has 1 aromatic carbocycles. The lowest BCUT2D eigenvalue weighted by molar-refractivity contribution is 0.0177. The Morgan fingerprint density at radius 2 is 1.67 bits per heavy atom. The summed E-state index contributed by atoms with van der Waals surface area (Å²) in [5.74, 6) is -0.337. The number of benzene rings is 1. The summed E-state index contributed by atoms with van der Waals surface area (Å²) in [4.78, 5) is 0. The van der Waals surface area contributed by atoms with Gasteiger partial charge in [-0.25, -0.2) is 4.39 Å². The Morgan fingerprint density at radius 1 is 1.05 bits per heavy atom. The molecular formula is C15H23FO5. The minimum atomic E-state index is -0.699. The first-order valence-corrected chi connectivity index (χ1v) is 6.90. The Kier molecular flexibility index (Phi) is 8.93. The Bertz CT molecular complexity index is 398. The van der Waals surface area contributed by atoms with Gasteiger partial charge in [-0.1, -0.05) is 6.07 Å². The fourth-order valence-electron chi connectivity index (χ4n) is 1.57. The second-order valence-electron chi connectivity index (χ2n) is 4.43. The molecule has 0 aliphatic heterocycles. The van der Waals surface area contributed by atoms with E-state index in [1.165, 1.54) is 12.1 Å². The summed E-state index contributed by atoms with van der Waals surface area (Å²) in [6.07, 6.45) is -0.699. The summed E-state index contributed by atoms with van der Waals surface area (Å²) >= 11 is 0. The summed E-state index contributed by atoms with van der Waals surface area (Å²) in [5.41, 5.74) is 0.518. The quantitative estimate of drug-likeness (QED) is 0.633. The standard InChI is InChI=1S/C15H23FO5/c1-12(17)13-3-4-15(14(16)11-13)21-10-9-20-8-7-19-6-5-18-2/h3-4,11-12,17H,5-10H2,1-2H3/t12-/m0/s1. The van der Waals surface area contributed by atoms with Crippen LogP contribution >= 0.6 is 0 Å². The molecule has 0 aliphatic rings. The van der Waals surface area contributed by atoms with Crippen LogP contribution in [0.3, 0.4) is 0 Å². The zero-order valence-electron chi connectivity index (χ0n) is 12.5. The molecule has 0 saturated carbocycles. The second-order valence-corrected chi connectivity index (χ2v) is 4.43. The number of rotatable bonds is 11. The molecule has 0 aliphatic carbocycles. The molecule has 120 valence electrons. The van der Waals surface area contributed by atoms with E-state index in [1.807, 2.05) is 0 Å². The van der Waals surface area contributed by atoms with Crippen LogP contribution in [0.15, 0.2) is 18.2 Å². The van der Waals surface area contributed by atoms with Gasteiger partial charge in [0.25, 0.3) is 0 Å². The minimum Gasteiger partial charge on any atom is -0.488 e. The summed E-state index contributed by atoms with van der Waals surface area (Å²) in [6, 6.07) is 4.41. The predicted octanol–water partition coefficient (Wildman–Crippen LogP) is 1.94. The fraction of sp³-hybridized carbons (Fsp3) is 0.600. The number of hydrogen-bond donors (Lipinski definition) is 1. The first-order chi connectivity index (χ1) is 10.1. The van der Waals surface area contributed by atoms with Crippen LogP contribution < -0.4 is 4.74 Å². The molecule has 0 fully saturated rings. The summed E-state index contributed by atoms with van der Waals surface area (Å²) in [5, 5.41) is 9.34. The van der Waals surface area contributed by atoms with Gasteiger partial charge in [-0.05, 0) is 24.6 Å². The molecule has 21 heavy (non-hydrogen) atoms. The van der Waals surface area contributed by atoms with Crippen LogP contribution in [-0.2, 0) is 14.2 Å². The van der Waals surface area contributed by atoms with Crippen LogP contribution in [0, 0.1) is 5.82 Å². The fourth-order valence-corrected chi connectivity index (χ4v) is 1.57. The molecule has 0 spiro atoms. The normalized spacial score (nSPS) is 12.4. The van der Waals surface area contributed by atoms with Crippen molar-refractivity contribution in [2.24, 2.45) is 0 Å². The van der Waals surface area contributed by atoms with E-state index in [0.29, 0.717) is 38.6 Å². The zero-order valence-corrected chi connectivity index (χ0v) is 12.5. The third-order valence-corrected chi connectivity index (χ3v) is 2.73. The van der Waals surface area contributed by atoms with Gasteiger partial charge in [0.1, 0.15) is 6.61 Å². The third kappa shape index (κ3) is 7.38. The maximum Gasteiger partial charge on any atom is 0.165 e. The molecule has 0 aromatic heterocycles. The van der Waals surface area contributed by atoms with Gasteiger partial charge in [-0.3, -0.25) is 0 Å². The molecule has 6 heteroatoms. The maximum atomic E-state index is 13.6. The zero-order chi connectivity index (χ0) is 15.5. The van der Waals surface area contributed by atoms with E-state index < -0.39 is 11.9 Å². The molecule has 1 aromatic rings. The number of aliphatic hydroxyl groups is 1. The van der Waals surface area contributed by atoms with Gasteiger partial charge in [0, 0.05) is 7.11 Å². The van der Waals surface area contributed by atoms with Crippen LogP contribution in [0.25, 0.3) is 0 Å². The van der Waals surface area contributed by atoms with E-state index in [-0.39, 0.29) is 12.4 Å². The molecule has 0 amide bonds. The van der Waals surface area contributed by atoms with Crippen molar-refractivity contribution in [3.8, 4) is 5.75 Å². The highest BCUT2D eigenvalue weighted by molar-refractivity contribution is 5.30. The van der Waals surface area contributed by atoms with Crippen LogP contribution in [0.4, 0.5) is 4.39 Å². The van der Waals surface area contributed by atoms with Gasteiger partial charge in [0.2, 0.25) is 0 Å². The molecule has 1 atom stereocenters. The summed E-state index contributed by atoms with van der Waals surface area (Å²) in [7, 11) is 1.62. The largest absolute Gasteiger partial charge is 0.488 e. The van der Waals surface area contributed by atoms with Crippen molar-refractivity contribution in [3.63, 3.8) is 0 Å². The van der Waals surface area contributed by atoms with Crippen molar-refractivity contribution in [3.05, 3.63) is 29.6 Å². The monoisotopic (exact) mass is 302 g/mol. The Hall–Kier alpha value is -1.21. The third-order valence-electron chi connectivity index (χ3n) is 2.73. The average molecular weight is 302 g/mol. The molecule has 5 nitrogen and oxygen atoms in total. The average Bonchev–Trinajstić information content (AvgIpc) is 2.46. The number of halogens is 1. The molecular weight excluding hydrogens is 279 g/mol. The second kappa shape index (κ2) is 10.5. The lowest BCUT2D eigenvalue weighted by Crippen LogP contribution is -2.12. The highest BCUT2D eigenvalue weighted by Crippen LogP contribution is 2.21. The molecule has 1 rings (SSSR count). The molecule has 0 saturated heterocycles. The highest BCUT2D eigenvalue weighted by Gasteiger charge is 2.07. The number of ether oxygens (including phenoxy) is 4. The van der Waals surface area contributed by atoms with Gasteiger partial charge in [0.15, 0.2) is 11.6 Å². The maximum absolute atomic E-state index is 13.6. The summed E-state index contributed by atoms with van der Waals surface area (Å²) in [6.45, 7) is 4.23. The van der Waals surface area contributed by atoms with Crippen LogP contribution in [0.5, 0.6) is 5.75 Å². The first kappa shape index (κ1) is 17.8. The highest BCUT2D eigenvalue weighted by atomic mass is 19.1. The number of hydrogen-bond acceptors (Lipinski definition) is 5. The SMILES string of the molecule is COCCOCCOCCOc1ccc([C@H](C)O)cc1F. The lowest BCUT2D eigenvalue weighted by atomic mass is 10.1. The summed E-state index contributed by atoms with van der Waals surface area (Å²) < 4.78 is 34.3. The van der Waals surface area contributed by atoms with Gasteiger partial charge in [-0.2, -0.15) is 0 Å². The van der Waals surface area contributed by atoms with E-state index in [9.17, 15) is 9.50 Å². The van der Waals surface area contributed by atoms with Crippen LogP contribution in [-0.4, -0.2) is 51.9 Å². The number of aliphatic hydroxyl groups excluding tert-OH is 1. The van der Waals surface area contributed by atoms with Gasteiger partial charge in [0.05, 0.1) is 39.1 Å². The van der Waals surface area contributed by atoms with Crippen molar-refractivity contribution in [2.75, 3.05) is 46.8 Å².